The van der Waals surface area contributed by atoms with E-state index in [1.165, 1.54) is 19.3 Å². The smallest absolute Gasteiger partial charge is 0.320 e. The first-order valence-electron chi connectivity index (χ1n) is 5.25. The van der Waals surface area contributed by atoms with Gasteiger partial charge in [-0.3, -0.25) is 4.79 Å². The fraction of sp³-hybridized carbons (Fsp3) is 0.900. The minimum absolute atomic E-state index is 0.405. The molecule has 14 heavy (non-hydrogen) atoms. The Labute approximate surface area is 85.3 Å². The lowest BCUT2D eigenvalue weighted by Crippen LogP contribution is -2.42. The number of hydrogen-bond donors (Lipinski definition) is 2. The van der Waals surface area contributed by atoms with E-state index in [0.29, 0.717) is 12.5 Å². The molecule has 4 nitrogen and oxygen atoms in total. The molecule has 1 rings (SSSR count). The zero-order valence-electron chi connectivity index (χ0n) is 8.99. The van der Waals surface area contributed by atoms with Gasteiger partial charge in [0.05, 0.1) is 0 Å². The third kappa shape index (κ3) is 2.96. The molecule has 0 spiro atoms. The van der Waals surface area contributed by atoms with Crippen molar-refractivity contribution in [2.45, 2.75) is 37.8 Å². The lowest BCUT2D eigenvalue weighted by Gasteiger charge is -2.35. The molecule has 4 heteroatoms. The number of likely N-dealkylation sites (N-methyl/N-ethyl adjacent to an activating group) is 1. The summed E-state index contributed by atoms with van der Waals surface area (Å²) in [6.45, 7) is 0.864. The molecule has 0 aliphatic heterocycles. The Bertz CT molecular complexity index is 193. The van der Waals surface area contributed by atoms with E-state index in [0.717, 1.165) is 6.54 Å². The van der Waals surface area contributed by atoms with Crippen molar-refractivity contribution in [3.05, 3.63) is 0 Å². The van der Waals surface area contributed by atoms with Crippen molar-refractivity contribution >= 4 is 5.97 Å². The zero-order valence-corrected chi connectivity index (χ0v) is 8.99. The second-order valence-electron chi connectivity index (χ2n) is 4.03. The van der Waals surface area contributed by atoms with Crippen molar-refractivity contribution < 1.29 is 9.90 Å². The molecule has 2 N–H and O–H groups in total. The normalized spacial score (nSPS) is 19.4. The van der Waals surface area contributed by atoms with Gasteiger partial charge in [0.2, 0.25) is 0 Å². The molecule has 1 fully saturated rings. The summed E-state index contributed by atoms with van der Waals surface area (Å²) in [7, 11) is 3.78. The number of carboxylic acid groups (broad SMARTS) is 1. The number of carbonyl (C=O) groups is 1. The Morgan fingerprint density at radius 1 is 1.64 bits per heavy atom. The number of nitrogens with zero attached hydrogens (tertiary/aromatic N) is 1. The predicted octanol–water partition coefficient (Wildman–Crippen LogP) is 0.533. The van der Waals surface area contributed by atoms with Crippen LogP contribution in [-0.2, 0) is 4.79 Å². The maximum atomic E-state index is 10.7. The zero-order chi connectivity index (χ0) is 10.6. The van der Waals surface area contributed by atoms with Gasteiger partial charge in [-0.1, -0.05) is 6.42 Å². The Hall–Kier alpha value is -0.610. The maximum Gasteiger partial charge on any atom is 0.320 e. The van der Waals surface area contributed by atoms with Crippen molar-refractivity contribution in [2.24, 2.45) is 0 Å². The topological polar surface area (TPSA) is 52.6 Å². The van der Waals surface area contributed by atoms with Gasteiger partial charge in [-0.2, -0.15) is 0 Å². The second kappa shape index (κ2) is 5.32. The molecule has 1 aliphatic carbocycles. The molecule has 0 radical (unpaired) electrons. The third-order valence-electron chi connectivity index (χ3n) is 3.12. The minimum atomic E-state index is -0.755. The Balaban J connectivity index is 2.20. The van der Waals surface area contributed by atoms with Crippen molar-refractivity contribution in [3.8, 4) is 0 Å². The van der Waals surface area contributed by atoms with Crippen LogP contribution in [0.1, 0.15) is 25.7 Å². The van der Waals surface area contributed by atoms with E-state index in [9.17, 15) is 4.79 Å². The SMILES string of the molecule is CNC(CCN(C)C1CCC1)C(=O)O. The molecule has 0 aromatic carbocycles. The largest absolute Gasteiger partial charge is 0.480 e. The highest BCUT2D eigenvalue weighted by Crippen LogP contribution is 2.23. The van der Waals surface area contributed by atoms with E-state index in [1.54, 1.807) is 7.05 Å². The summed E-state index contributed by atoms with van der Waals surface area (Å²) in [6.07, 6.45) is 4.55. The Morgan fingerprint density at radius 2 is 2.29 bits per heavy atom. The van der Waals surface area contributed by atoms with Crippen molar-refractivity contribution in [1.82, 2.24) is 10.2 Å². The van der Waals surface area contributed by atoms with Gasteiger partial charge in [-0.05, 0) is 33.4 Å². The fourth-order valence-electron chi connectivity index (χ4n) is 1.73. The first-order valence-corrected chi connectivity index (χ1v) is 5.25. The molecule has 0 aromatic heterocycles. The average molecular weight is 200 g/mol. The Morgan fingerprint density at radius 3 is 2.64 bits per heavy atom. The first kappa shape index (κ1) is 11.5. The molecule has 1 aliphatic rings. The molecule has 0 heterocycles. The highest BCUT2D eigenvalue weighted by molar-refractivity contribution is 5.73. The van der Waals surface area contributed by atoms with E-state index in [1.807, 2.05) is 0 Å². The molecular formula is C10H20N2O2. The summed E-state index contributed by atoms with van der Waals surface area (Å²) in [5.74, 6) is -0.755. The van der Waals surface area contributed by atoms with Gasteiger partial charge in [0, 0.05) is 12.6 Å². The number of rotatable bonds is 6. The third-order valence-corrected chi connectivity index (χ3v) is 3.12. The molecule has 0 bridgehead atoms. The standard InChI is InChI=1S/C10H20N2O2/c1-11-9(10(13)14)6-7-12(2)8-4-3-5-8/h8-9,11H,3-7H2,1-2H3,(H,13,14). The van der Waals surface area contributed by atoms with Gasteiger partial charge < -0.3 is 15.3 Å². The summed E-state index contributed by atoms with van der Waals surface area (Å²) in [6, 6.07) is 0.291. The highest BCUT2D eigenvalue weighted by atomic mass is 16.4. The van der Waals surface area contributed by atoms with Crippen LogP contribution in [0.15, 0.2) is 0 Å². The van der Waals surface area contributed by atoms with Crippen LogP contribution in [0.5, 0.6) is 0 Å². The molecule has 0 aromatic rings. The van der Waals surface area contributed by atoms with Gasteiger partial charge in [0.15, 0.2) is 0 Å². The molecule has 0 saturated heterocycles. The highest BCUT2D eigenvalue weighted by Gasteiger charge is 2.23. The molecule has 1 saturated carbocycles. The van der Waals surface area contributed by atoms with Crippen LogP contribution in [0.2, 0.25) is 0 Å². The van der Waals surface area contributed by atoms with E-state index >= 15 is 0 Å². The summed E-state index contributed by atoms with van der Waals surface area (Å²) in [4.78, 5) is 13.0. The molecule has 1 unspecified atom stereocenters. The van der Waals surface area contributed by atoms with Gasteiger partial charge in [0.25, 0.3) is 0 Å². The van der Waals surface area contributed by atoms with Gasteiger partial charge in [0.1, 0.15) is 6.04 Å². The second-order valence-corrected chi connectivity index (χ2v) is 4.03. The van der Waals surface area contributed by atoms with Crippen LogP contribution < -0.4 is 5.32 Å². The quantitative estimate of drug-likeness (QED) is 0.657. The fourth-order valence-corrected chi connectivity index (χ4v) is 1.73. The minimum Gasteiger partial charge on any atom is -0.480 e. The van der Waals surface area contributed by atoms with E-state index in [2.05, 4.69) is 17.3 Å². The van der Waals surface area contributed by atoms with Crippen LogP contribution in [0, 0.1) is 0 Å². The average Bonchev–Trinajstić information content (AvgIpc) is 2.01. The summed E-state index contributed by atoms with van der Waals surface area (Å²) >= 11 is 0. The van der Waals surface area contributed by atoms with Crippen LogP contribution in [0.3, 0.4) is 0 Å². The van der Waals surface area contributed by atoms with Crippen molar-refractivity contribution in [2.75, 3.05) is 20.6 Å². The van der Waals surface area contributed by atoms with Crippen molar-refractivity contribution in [1.29, 1.82) is 0 Å². The van der Waals surface area contributed by atoms with E-state index in [4.69, 9.17) is 5.11 Å². The molecule has 82 valence electrons. The van der Waals surface area contributed by atoms with E-state index in [-0.39, 0.29) is 0 Å². The van der Waals surface area contributed by atoms with Crippen LogP contribution in [-0.4, -0.2) is 48.7 Å². The summed E-state index contributed by atoms with van der Waals surface area (Å²) in [5, 5.41) is 11.6. The lowest BCUT2D eigenvalue weighted by atomic mass is 9.91. The number of nitrogens with one attached hydrogen (secondary N) is 1. The Kier molecular flexibility index (Phi) is 4.35. The monoisotopic (exact) mass is 200 g/mol. The number of carboxylic acids is 1. The lowest BCUT2D eigenvalue weighted by molar-refractivity contribution is -0.139. The van der Waals surface area contributed by atoms with Crippen LogP contribution in [0.25, 0.3) is 0 Å². The summed E-state index contributed by atoms with van der Waals surface area (Å²) in [5.41, 5.74) is 0. The summed E-state index contributed by atoms with van der Waals surface area (Å²) < 4.78 is 0. The maximum absolute atomic E-state index is 10.7. The van der Waals surface area contributed by atoms with Crippen molar-refractivity contribution in [3.63, 3.8) is 0 Å². The number of hydrogen-bond acceptors (Lipinski definition) is 3. The van der Waals surface area contributed by atoms with Crippen LogP contribution >= 0.6 is 0 Å². The van der Waals surface area contributed by atoms with Gasteiger partial charge in [-0.25, -0.2) is 0 Å². The molecule has 1 atom stereocenters. The van der Waals surface area contributed by atoms with E-state index < -0.39 is 12.0 Å². The number of aliphatic carboxylic acids is 1. The van der Waals surface area contributed by atoms with Gasteiger partial charge in [-0.15, -0.1) is 0 Å². The van der Waals surface area contributed by atoms with Crippen LogP contribution in [0.4, 0.5) is 0 Å². The predicted molar refractivity (Wildman–Crippen MR) is 55.4 cm³/mol. The van der Waals surface area contributed by atoms with Gasteiger partial charge >= 0.3 is 5.97 Å². The first-order chi connectivity index (χ1) is 6.65. The molecule has 0 amide bonds. The molecular weight excluding hydrogens is 180 g/mol.